The van der Waals surface area contributed by atoms with Crippen LogP contribution in [0, 0.1) is 0 Å². The third-order valence-electron chi connectivity index (χ3n) is 3.92. The average molecular weight is 542 g/mol. The summed E-state index contributed by atoms with van der Waals surface area (Å²) in [6.07, 6.45) is -3.06. The van der Waals surface area contributed by atoms with E-state index in [-0.39, 0.29) is 39.2 Å². The van der Waals surface area contributed by atoms with Crippen LogP contribution in [0.5, 0.6) is 0 Å². The Balaban J connectivity index is 5.76. The molecule has 210 valence electrons. The minimum atomic E-state index is -4.60. The Labute approximate surface area is 212 Å². The van der Waals surface area contributed by atoms with Gasteiger partial charge in [-0.15, -0.1) is 4.76 Å². The number of rotatable bonds is 17. The Morgan fingerprint density at radius 3 is 1.61 bits per heavy atom. The van der Waals surface area contributed by atoms with Crippen molar-refractivity contribution in [2.45, 2.75) is 79.3 Å². The highest BCUT2D eigenvalue weighted by Gasteiger charge is 2.36. The fourth-order valence-electron chi connectivity index (χ4n) is 2.12. The molecule has 0 aromatic carbocycles. The smallest absolute Gasteiger partial charge is 0.464 e. The summed E-state index contributed by atoms with van der Waals surface area (Å²) in [4.78, 5) is 36.8. The molecule has 0 aromatic rings. The van der Waals surface area contributed by atoms with Gasteiger partial charge in [-0.3, -0.25) is 4.79 Å². The van der Waals surface area contributed by atoms with Gasteiger partial charge in [-0.1, -0.05) is 34.6 Å². The molecule has 0 heterocycles. The molecule has 0 aliphatic rings. The lowest BCUT2D eigenvalue weighted by Gasteiger charge is -2.25. The summed E-state index contributed by atoms with van der Waals surface area (Å²) in [5, 5.41) is 0. The van der Waals surface area contributed by atoms with Crippen LogP contribution < -0.4 is 5.73 Å². The third-order valence-corrected chi connectivity index (χ3v) is 5.37. The number of esters is 1. The second-order valence-electron chi connectivity index (χ2n) is 7.32. The molecule has 2 atom stereocenters. The fraction of sp³-hybridized carbons (Fsp3) is 0.810. The van der Waals surface area contributed by atoms with Crippen molar-refractivity contribution in [3.05, 3.63) is 0 Å². The van der Waals surface area contributed by atoms with Crippen molar-refractivity contribution < 1.29 is 51.7 Å². The van der Waals surface area contributed by atoms with Gasteiger partial charge in [0.05, 0.1) is 19.8 Å². The molecule has 0 saturated carbocycles. The number of hydrogen-bond donors (Lipinski definition) is 1. The van der Waals surface area contributed by atoms with Crippen LogP contribution in [0.2, 0.25) is 0 Å². The number of hydrogen-bond acceptors (Lipinski definition) is 11. The number of nitrogens with two attached hydrogens (primary N) is 1. The van der Waals surface area contributed by atoms with E-state index >= 15 is 0 Å². The molecule has 2 N–H and O–H groups in total. The van der Waals surface area contributed by atoms with Crippen molar-refractivity contribution >= 4 is 32.0 Å². The van der Waals surface area contributed by atoms with Gasteiger partial charge >= 0.3 is 26.0 Å². The predicted molar refractivity (Wildman–Crippen MR) is 129 cm³/mol. The molecule has 2 unspecified atom stereocenters. The number of likely N-dealkylation sites (N-methyl/N-ethyl adjacent to an activating group) is 1. The molecular weight excluding hydrogens is 501 g/mol. The number of carbonyl (C=O) groups is 3. The first-order valence-corrected chi connectivity index (χ1v) is 13.4. The molecule has 0 saturated heterocycles. The van der Waals surface area contributed by atoms with Crippen LogP contribution in [-0.2, 0) is 42.1 Å². The zero-order chi connectivity index (χ0) is 27.6. The zero-order valence-electron chi connectivity index (χ0n) is 21.9. The van der Waals surface area contributed by atoms with Gasteiger partial charge in [0.2, 0.25) is 18.5 Å². The van der Waals surface area contributed by atoms with Crippen LogP contribution in [0.4, 0.5) is 9.59 Å². The van der Waals surface area contributed by atoms with Gasteiger partial charge in [0.25, 0.3) is 0 Å². The van der Waals surface area contributed by atoms with Gasteiger partial charge in [0, 0.05) is 19.9 Å². The lowest BCUT2D eigenvalue weighted by atomic mass is 10.5. The molecule has 15 heteroatoms. The molecule has 0 rings (SSSR count). The highest BCUT2D eigenvalue weighted by Crippen LogP contribution is 2.53. The minimum absolute atomic E-state index is 0.0410. The molecule has 0 amide bonds. The second kappa shape index (κ2) is 18.7. The normalized spacial score (nSPS) is 14.7. The lowest BCUT2D eigenvalue weighted by Crippen LogP contribution is -2.38. The van der Waals surface area contributed by atoms with Gasteiger partial charge in [-0.05, 0) is 19.3 Å². The quantitative estimate of drug-likeness (QED) is 0.0701. The molecule has 36 heavy (non-hydrogen) atoms. The summed E-state index contributed by atoms with van der Waals surface area (Å²) in [6.45, 7) is 8.74. The van der Waals surface area contributed by atoms with E-state index in [4.69, 9.17) is 38.5 Å². The number of carbonyl (C=O) groups excluding carboxylic acids is 3. The highest BCUT2D eigenvalue weighted by molar-refractivity contribution is 7.52. The van der Waals surface area contributed by atoms with Crippen LogP contribution in [0.15, 0.2) is 4.76 Å². The first kappa shape index (κ1) is 33.4. The van der Waals surface area contributed by atoms with E-state index in [0.717, 1.165) is 4.90 Å². The summed E-state index contributed by atoms with van der Waals surface area (Å²) in [5.74, 6) is -0.991. The Morgan fingerprint density at radius 2 is 1.22 bits per heavy atom. The maximum atomic E-state index is 13.6. The van der Waals surface area contributed by atoms with Gasteiger partial charge in [0.15, 0.2) is 0 Å². The Bertz CT molecular complexity index is 715. The van der Waals surface area contributed by atoms with Gasteiger partial charge in [0.1, 0.15) is 6.54 Å². The molecule has 0 aliphatic carbocycles. The zero-order valence-corrected chi connectivity index (χ0v) is 22.8. The van der Waals surface area contributed by atoms with Crippen LogP contribution in [0.25, 0.3) is 0 Å². The first-order chi connectivity index (χ1) is 17.0. The predicted octanol–water partition coefficient (Wildman–Crippen LogP) is 3.93. The van der Waals surface area contributed by atoms with E-state index in [9.17, 15) is 18.9 Å². The third kappa shape index (κ3) is 14.7. The Kier molecular flexibility index (Phi) is 17.3. The number of ether oxygens (including phenoxy) is 5. The fourth-order valence-corrected chi connectivity index (χ4v) is 3.65. The van der Waals surface area contributed by atoms with Crippen molar-refractivity contribution in [1.82, 2.24) is 4.90 Å². The summed E-state index contributed by atoms with van der Waals surface area (Å²) in [5.41, 5.74) is 5.92. The lowest BCUT2D eigenvalue weighted by molar-refractivity contribution is -0.143. The monoisotopic (exact) mass is 541 g/mol. The van der Waals surface area contributed by atoms with Crippen molar-refractivity contribution in [3.8, 4) is 0 Å². The van der Waals surface area contributed by atoms with E-state index in [0.29, 0.717) is 19.3 Å². The molecule has 0 fully saturated rings. The van der Waals surface area contributed by atoms with Gasteiger partial charge in [-0.2, -0.15) is 0 Å². The minimum Gasteiger partial charge on any atom is -0.464 e. The van der Waals surface area contributed by atoms with Crippen LogP contribution in [0.1, 0.15) is 66.7 Å². The Hall–Kier alpha value is -2.57. The SMILES string of the molecule is CCCOC(=O)CN(C)/C(N)=N/P(=O)(OC(CC)OC(=O)OCCC)OC(CC)OC(=O)OCCC. The summed E-state index contributed by atoms with van der Waals surface area (Å²) in [7, 11) is -3.19. The molecule has 0 bridgehead atoms. The molecule has 0 spiro atoms. The van der Waals surface area contributed by atoms with Crippen LogP contribution in [-0.4, -0.2) is 75.1 Å². The van der Waals surface area contributed by atoms with Gasteiger partial charge < -0.3 is 34.3 Å². The summed E-state index contributed by atoms with van der Waals surface area (Å²) >= 11 is 0. The largest absolute Gasteiger partial charge is 0.510 e. The van der Waals surface area contributed by atoms with Crippen molar-refractivity contribution in [2.75, 3.05) is 33.4 Å². The van der Waals surface area contributed by atoms with E-state index in [2.05, 4.69) is 4.76 Å². The molecule has 0 aromatic heterocycles. The summed E-state index contributed by atoms with van der Waals surface area (Å²) in [6, 6.07) is 0. The molecule has 14 nitrogen and oxygen atoms in total. The van der Waals surface area contributed by atoms with Crippen LogP contribution in [0.3, 0.4) is 0 Å². The molecule has 0 radical (unpaired) electrons. The van der Waals surface area contributed by atoms with Crippen molar-refractivity contribution in [3.63, 3.8) is 0 Å². The van der Waals surface area contributed by atoms with Crippen LogP contribution >= 0.6 is 7.75 Å². The average Bonchev–Trinajstić information content (AvgIpc) is 2.83. The topological polar surface area (TPSA) is 175 Å². The van der Waals surface area contributed by atoms with E-state index in [1.807, 2.05) is 6.92 Å². The van der Waals surface area contributed by atoms with E-state index < -0.39 is 44.6 Å². The van der Waals surface area contributed by atoms with Crippen molar-refractivity contribution in [2.24, 2.45) is 10.5 Å². The number of guanidine groups is 1. The van der Waals surface area contributed by atoms with Gasteiger partial charge in [-0.25, -0.2) is 23.2 Å². The maximum Gasteiger partial charge on any atom is 0.510 e. The number of nitrogens with zero attached hydrogens (tertiary/aromatic N) is 2. The molecule has 0 aliphatic heterocycles. The first-order valence-electron chi connectivity index (χ1n) is 11.9. The Morgan fingerprint density at radius 1 is 0.806 bits per heavy atom. The highest BCUT2D eigenvalue weighted by atomic mass is 31.2. The summed E-state index contributed by atoms with van der Waals surface area (Å²) < 4.78 is 52.9. The maximum absolute atomic E-state index is 13.6. The van der Waals surface area contributed by atoms with Crippen molar-refractivity contribution in [1.29, 1.82) is 0 Å². The van der Waals surface area contributed by atoms with E-state index in [1.54, 1.807) is 27.7 Å². The van der Waals surface area contributed by atoms with E-state index in [1.165, 1.54) is 7.05 Å². The molecular formula is C21H40N3O11P. The standard InChI is InChI=1S/C21H40N3O11P/c1-7-12-29-16(25)15-24(6)19(22)23-36(28,34-17(10-4)32-20(26)30-13-8-2)35-18(11-5)33-21(27)31-14-9-3/h17-18H,7-15H2,1-6H3,(H2,22,23,28). The second-order valence-corrected chi connectivity index (χ2v) is 8.88.